The first-order chi connectivity index (χ1) is 9.94. The Morgan fingerprint density at radius 3 is 2.48 bits per heavy atom. The maximum absolute atomic E-state index is 12.1. The second-order valence-electron chi connectivity index (χ2n) is 5.89. The van der Waals surface area contributed by atoms with Crippen LogP contribution in [0.25, 0.3) is 0 Å². The molecule has 1 N–H and O–H groups in total. The van der Waals surface area contributed by atoms with E-state index in [-0.39, 0.29) is 18.2 Å². The number of likely N-dealkylation sites (N-methyl/N-ethyl adjacent to an activating group) is 1. The number of hydrogen-bond acceptors (Lipinski definition) is 3. The van der Waals surface area contributed by atoms with E-state index in [0.717, 1.165) is 5.56 Å². The van der Waals surface area contributed by atoms with Gasteiger partial charge in [-0.2, -0.15) is 0 Å². The van der Waals surface area contributed by atoms with E-state index in [1.165, 1.54) is 5.56 Å². The molecule has 0 spiro atoms. The fraction of sp³-hybridized carbons (Fsp3) is 0.500. The largest absolute Gasteiger partial charge is 0.481 e. The Hall–Kier alpha value is -1.88. The molecule has 1 aromatic carbocycles. The zero-order valence-corrected chi connectivity index (χ0v) is 12.6. The van der Waals surface area contributed by atoms with E-state index >= 15 is 0 Å². The van der Waals surface area contributed by atoms with Gasteiger partial charge in [0.25, 0.3) is 0 Å². The van der Waals surface area contributed by atoms with Crippen molar-refractivity contribution in [1.82, 2.24) is 9.80 Å². The minimum atomic E-state index is -0.762. The molecular weight excluding hydrogens is 268 g/mol. The Morgan fingerprint density at radius 1 is 1.29 bits per heavy atom. The topological polar surface area (TPSA) is 60.9 Å². The van der Waals surface area contributed by atoms with Crippen LogP contribution in [0.3, 0.4) is 0 Å². The van der Waals surface area contributed by atoms with Crippen LogP contribution in [-0.2, 0) is 16.1 Å². The van der Waals surface area contributed by atoms with Gasteiger partial charge in [-0.05, 0) is 18.4 Å². The normalized spacial score (nSPS) is 15.5. The number of amides is 1. The van der Waals surface area contributed by atoms with Crippen molar-refractivity contribution in [2.45, 2.75) is 19.9 Å². The van der Waals surface area contributed by atoms with Gasteiger partial charge in [-0.25, -0.2) is 0 Å². The molecule has 114 valence electrons. The molecule has 1 fully saturated rings. The molecule has 0 saturated carbocycles. The van der Waals surface area contributed by atoms with Crippen molar-refractivity contribution in [3.8, 4) is 0 Å². The standard InChI is InChI=1S/C16H22N2O3/c1-12-3-5-13(6-4-12)8-17(2)15(19)11-18-9-14(10-18)7-16(20)21/h3-6,14H,7-11H2,1-2H3,(H,20,21). The first-order valence-corrected chi connectivity index (χ1v) is 7.17. The highest BCUT2D eigenvalue weighted by Gasteiger charge is 2.30. The Balaban J connectivity index is 1.74. The molecule has 2 rings (SSSR count). The minimum Gasteiger partial charge on any atom is -0.481 e. The van der Waals surface area contributed by atoms with Crippen molar-refractivity contribution in [2.24, 2.45) is 5.92 Å². The molecule has 1 aliphatic rings. The molecule has 0 aromatic heterocycles. The number of rotatable bonds is 6. The van der Waals surface area contributed by atoms with Crippen LogP contribution >= 0.6 is 0 Å². The first-order valence-electron chi connectivity index (χ1n) is 7.17. The predicted octanol–water partition coefficient (Wildman–Crippen LogP) is 1.36. The van der Waals surface area contributed by atoms with Crippen molar-refractivity contribution in [1.29, 1.82) is 0 Å². The molecule has 0 unspecified atom stereocenters. The fourth-order valence-electron chi connectivity index (χ4n) is 2.55. The molecule has 21 heavy (non-hydrogen) atoms. The lowest BCUT2D eigenvalue weighted by Crippen LogP contribution is -2.51. The fourth-order valence-corrected chi connectivity index (χ4v) is 2.55. The van der Waals surface area contributed by atoms with Gasteiger partial charge in [0.05, 0.1) is 13.0 Å². The van der Waals surface area contributed by atoms with Gasteiger partial charge in [0.2, 0.25) is 5.91 Å². The van der Waals surface area contributed by atoms with Crippen molar-refractivity contribution in [3.63, 3.8) is 0 Å². The highest BCUT2D eigenvalue weighted by molar-refractivity contribution is 5.78. The maximum atomic E-state index is 12.1. The number of carboxylic acid groups (broad SMARTS) is 1. The van der Waals surface area contributed by atoms with Crippen molar-refractivity contribution >= 4 is 11.9 Å². The van der Waals surface area contributed by atoms with E-state index in [1.807, 2.05) is 36.1 Å². The molecule has 0 radical (unpaired) electrons. The predicted molar refractivity (Wildman–Crippen MR) is 79.8 cm³/mol. The van der Waals surface area contributed by atoms with Crippen LogP contribution < -0.4 is 0 Å². The van der Waals surface area contributed by atoms with Crippen LogP contribution in [0, 0.1) is 12.8 Å². The molecular formula is C16H22N2O3. The Bertz CT molecular complexity index is 507. The van der Waals surface area contributed by atoms with Crippen LogP contribution in [0.4, 0.5) is 0 Å². The molecule has 1 heterocycles. The lowest BCUT2D eigenvalue weighted by molar-refractivity contribution is -0.140. The SMILES string of the molecule is Cc1ccc(CN(C)C(=O)CN2CC(CC(=O)O)C2)cc1. The summed E-state index contributed by atoms with van der Waals surface area (Å²) >= 11 is 0. The third-order valence-electron chi connectivity index (χ3n) is 3.82. The summed E-state index contributed by atoms with van der Waals surface area (Å²) in [6.07, 6.45) is 0.198. The summed E-state index contributed by atoms with van der Waals surface area (Å²) in [5.74, 6) is -0.496. The number of carboxylic acids is 1. The third-order valence-corrected chi connectivity index (χ3v) is 3.82. The minimum absolute atomic E-state index is 0.0735. The van der Waals surface area contributed by atoms with Crippen LogP contribution in [0.1, 0.15) is 17.5 Å². The van der Waals surface area contributed by atoms with Crippen molar-refractivity contribution < 1.29 is 14.7 Å². The summed E-state index contributed by atoms with van der Waals surface area (Å²) in [6.45, 7) is 4.42. The van der Waals surface area contributed by atoms with Crippen molar-refractivity contribution in [3.05, 3.63) is 35.4 Å². The summed E-state index contributed by atoms with van der Waals surface area (Å²) in [7, 11) is 1.80. The van der Waals surface area contributed by atoms with Crippen LogP contribution in [0.15, 0.2) is 24.3 Å². The monoisotopic (exact) mass is 290 g/mol. The number of hydrogen-bond donors (Lipinski definition) is 1. The van der Waals surface area contributed by atoms with E-state index in [4.69, 9.17) is 5.11 Å². The van der Waals surface area contributed by atoms with Gasteiger partial charge < -0.3 is 10.0 Å². The van der Waals surface area contributed by atoms with Crippen LogP contribution in [0.5, 0.6) is 0 Å². The highest BCUT2D eigenvalue weighted by atomic mass is 16.4. The Kier molecular flexibility index (Phi) is 4.96. The smallest absolute Gasteiger partial charge is 0.303 e. The van der Waals surface area contributed by atoms with Gasteiger partial charge in [-0.1, -0.05) is 29.8 Å². The zero-order valence-electron chi connectivity index (χ0n) is 12.6. The van der Waals surface area contributed by atoms with Crippen LogP contribution in [0.2, 0.25) is 0 Å². The number of likely N-dealkylation sites (tertiary alicyclic amines) is 1. The average molecular weight is 290 g/mol. The number of benzene rings is 1. The van der Waals surface area contributed by atoms with Crippen LogP contribution in [-0.4, -0.2) is 53.5 Å². The number of nitrogens with zero attached hydrogens (tertiary/aromatic N) is 2. The van der Waals surface area contributed by atoms with E-state index in [9.17, 15) is 9.59 Å². The number of carbonyl (C=O) groups excluding carboxylic acids is 1. The summed E-state index contributed by atoms with van der Waals surface area (Å²) in [6, 6.07) is 8.15. The Labute approximate surface area is 125 Å². The van der Waals surface area contributed by atoms with Crippen molar-refractivity contribution in [2.75, 3.05) is 26.7 Å². The highest BCUT2D eigenvalue weighted by Crippen LogP contribution is 2.18. The first kappa shape index (κ1) is 15.5. The van der Waals surface area contributed by atoms with E-state index in [1.54, 1.807) is 11.9 Å². The van der Waals surface area contributed by atoms with Gasteiger partial charge in [-0.15, -0.1) is 0 Å². The van der Waals surface area contributed by atoms with E-state index < -0.39 is 5.97 Å². The average Bonchev–Trinajstić information content (AvgIpc) is 2.38. The number of aliphatic carboxylic acids is 1. The van der Waals surface area contributed by atoms with Gasteiger partial charge in [0.15, 0.2) is 0 Å². The van der Waals surface area contributed by atoms with Gasteiger partial charge in [0.1, 0.15) is 0 Å². The molecule has 0 bridgehead atoms. The lowest BCUT2D eigenvalue weighted by atomic mass is 9.96. The third kappa shape index (κ3) is 4.56. The molecule has 0 aliphatic carbocycles. The molecule has 5 nitrogen and oxygen atoms in total. The summed E-state index contributed by atoms with van der Waals surface area (Å²) in [4.78, 5) is 26.4. The quantitative estimate of drug-likeness (QED) is 0.859. The lowest BCUT2D eigenvalue weighted by Gasteiger charge is -2.38. The maximum Gasteiger partial charge on any atom is 0.303 e. The molecule has 1 saturated heterocycles. The summed E-state index contributed by atoms with van der Waals surface area (Å²) < 4.78 is 0. The van der Waals surface area contributed by atoms with Gasteiger partial charge >= 0.3 is 5.97 Å². The number of aryl methyl sites for hydroxylation is 1. The number of carbonyl (C=O) groups is 2. The molecule has 1 aliphatic heterocycles. The Morgan fingerprint density at radius 2 is 1.90 bits per heavy atom. The van der Waals surface area contributed by atoms with E-state index in [2.05, 4.69) is 0 Å². The summed E-state index contributed by atoms with van der Waals surface area (Å²) in [5, 5.41) is 8.70. The molecule has 5 heteroatoms. The zero-order chi connectivity index (χ0) is 15.4. The van der Waals surface area contributed by atoms with Gasteiger partial charge in [-0.3, -0.25) is 14.5 Å². The van der Waals surface area contributed by atoms with E-state index in [0.29, 0.717) is 26.2 Å². The molecule has 0 atom stereocenters. The second kappa shape index (κ2) is 6.72. The van der Waals surface area contributed by atoms with Gasteiger partial charge in [0, 0.05) is 26.7 Å². The molecule has 1 aromatic rings. The molecule has 1 amide bonds. The summed E-state index contributed by atoms with van der Waals surface area (Å²) in [5.41, 5.74) is 2.32. The second-order valence-corrected chi connectivity index (χ2v) is 5.89.